The zero-order valence-corrected chi connectivity index (χ0v) is 14.6. The van der Waals surface area contributed by atoms with Gasteiger partial charge in [-0.2, -0.15) is 0 Å². The van der Waals surface area contributed by atoms with E-state index in [2.05, 4.69) is 30.3 Å². The van der Waals surface area contributed by atoms with Crippen LogP contribution in [0, 0.1) is 0 Å². The third-order valence-corrected chi connectivity index (χ3v) is 3.61. The van der Waals surface area contributed by atoms with Gasteiger partial charge in [0, 0.05) is 6.42 Å². The minimum absolute atomic E-state index is 0.0599. The van der Waals surface area contributed by atoms with E-state index in [-0.39, 0.29) is 11.6 Å². The first kappa shape index (κ1) is 18.7. The van der Waals surface area contributed by atoms with E-state index in [1.54, 1.807) is 0 Å². The molecule has 0 aliphatic heterocycles. The molecule has 1 aromatic rings. The van der Waals surface area contributed by atoms with Gasteiger partial charge in [0.25, 0.3) is 0 Å². The van der Waals surface area contributed by atoms with E-state index in [0.717, 1.165) is 12.8 Å². The Labute approximate surface area is 136 Å². The third kappa shape index (κ3) is 10.4. The summed E-state index contributed by atoms with van der Waals surface area (Å²) in [5.41, 5.74) is 1.09. The standard InChI is InChI=1S/C20H32O2/c1-20(2,3)22-19(21)17-13-8-6-4-5-7-10-14-18-15-11-9-12-16-18/h9,11-12,15-16H,4-8,10,13-14,17H2,1-3H3. The van der Waals surface area contributed by atoms with Crippen molar-refractivity contribution in [1.82, 2.24) is 0 Å². The predicted octanol–water partition coefficient (Wildman–Crippen LogP) is 5.69. The molecule has 0 aliphatic rings. The molecular weight excluding hydrogens is 272 g/mol. The Balaban J connectivity index is 1.89. The second kappa shape index (κ2) is 10.4. The van der Waals surface area contributed by atoms with Crippen LogP contribution in [0.4, 0.5) is 0 Å². The van der Waals surface area contributed by atoms with Crippen molar-refractivity contribution in [3.05, 3.63) is 35.9 Å². The Morgan fingerprint density at radius 3 is 2.00 bits per heavy atom. The number of carbonyl (C=O) groups is 1. The topological polar surface area (TPSA) is 26.3 Å². The van der Waals surface area contributed by atoms with Crippen LogP contribution in [0.15, 0.2) is 30.3 Å². The van der Waals surface area contributed by atoms with Crippen LogP contribution >= 0.6 is 0 Å². The second-order valence-corrected chi connectivity index (χ2v) is 7.05. The van der Waals surface area contributed by atoms with Crippen molar-refractivity contribution in [2.75, 3.05) is 0 Å². The van der Waals surface area contributed by atoms with Gasteiger partial charge in [-0.25, -0.2) is 0 Å². The van der Waals surface area contributed by atoms with E-state index in [1.807, 2.05) is 20.8 Å². The van der Waals surface area contributed by atoms with Crippen LogP contribution in [-0.4, -0.2) is 11.6 Å². The van der Waals surface area contributed by atoms with Crippen LogP contribution in [0.5, 0.6) is 0 Å². The zero-order chi connectivity index (χ0) is 16.3. The number of hydrogen-bond donors (Lipinski definition) is 0. The van der Waals surface area contributed by atoms with Crippen molar-refractivity contribution >= 4 is 5.97 Å². The molecule has 0 radical (unpaired) electrons. The monoisotopic (exact) mass is 304 g/mol. The van der Waals surface area contributed by atoms with Gasteiger partial charge >= 0.3 is 5.97 Å². The highest BCUT2D eigenvalue weighted by Crippen LogP contribution is 2.13. The lowest BCUT2D eigenvalue weighted by atomic mass is 10.0. The highest BCUT2D eigenvalue weighted by atomic mass is 16.6. The minimum Gasteiger partial charge on any atom is -0.460 e. The summed E-state index contributed by atoms with van der Waals surface area (Å²) in [6.07, 6.45) is 10.3. The molecule has 0 saturated carbocycles. The second-order valence-electron chi connectivity index (χ2n) is 7.05. The lowest BCUT2D eigenvalue weighted by molar-refractivity contribution is -0.154. The summed E-state index contributed by atoms with van der Waals surface area (Å²) < 4.78 is 5.30. The number of aryl methyl sites for hydroxylation is 1. The number of unbranched alkanes of at least 4 members (excludes halogenated alkanes) is 6. The molecule has 0 saturated heterocycles. The van der Waals surface area contributed by atoms with Gasteiger partial charge in [0.05, 0.1) is 0 Å². The van der Waals surface area contributed by atoms with Crippen molar-refractivity contribution in [1.29, 1.82) is 0 Å². The van der Waals surface area contributed by atoms with E-state index in [1.165, 1.54) is 44.1 Å². The quantitative estimate of drug-likeness (QED) is 0.410. The van der Waals surface area contributed by atoms with Gasteiger partial charge in [-0.1, -0.05) is 62.4 Å². The Morgan fingerprint density at radius 1 is 0.864 bits per heavy atom. The zero-order valence-electron chi connectivity index (χ0n) is 14.6. The lowest BCUT2D eigenvalue weighted by Gasteiger charge is -2.19. The van der Waals surface area contributed by atoms with Gasteiger partial charge in [0.15, 0.2) is 0 Å². The van der Waals surface area contributed by atoms with Gasteiger partial charge < -0.3 is 4.74 Å². The molecule has 0 atom stereocenters. The Kier molecular flexibility index (Phi) is 8.88. The molecule has 0 fully saturated rings. The number of ether oxygens (including phenoxy) is 1. The first-order chi connectivity index (χ1) is 10.5. The van der Waals surface area contributed by atoms with E-state index in [4.69, 9.17) is 4.74 Å². The fourth-order valence-corrected chi connectivity index (χ4v) is 2.52. The van der Waals surface area contributed by atoms with Gasteiger partial charge in [-0.15, -0.1) is 0 Å². The summed E-state index contributed by atoms with van der Waals surface area (Å²) in [5.74, 6) is -0.0599. The van der Waals surface area contributed by atoms with E-state index >= 15 is 0 Å². The lowest BCUT2D eigenvalue weighted by Crippen LogP contribution is -2.23. The highest BCUT2D eigenvalue weighted by molar-refractivity contribution is 5.69. The molecule has 1 rings (SSSR count). The maximum Gasteiger partial charge on any atom is 0.306 e. The molecule has 0 spiro atoms. The van der Waals surface area contributed by atoms with Crippen molar-refractivity contribution in [3.8, 4) is 0 Å². The van der Waals surface area contributed by atoms with Gasteiger partial charge in [0.1, 0.15) is 5.60 Å². The highest BCUT2D eigenvalue weighted by Gasteiger charge is 2.15. The Morgan fingerprint density at radius 2 is 1.41 bits per heavy atom. The first-order valence-corrected chi connectivity index (χ1v) is 8.73. The summed E-state index contributed by atoms with van der Waals surface area (Å²) in [5, 5.41) is 0. The minimum atomic E-state index is -0.351. The van der Waals surface area contributed by atoms with Crippen LogP contribution in [0.2, 0.25) is 0 Å². The molecule has 1 aromatic carbocycles. The number of carbonyl (C=O) groups excluding carboxylic acids is 1. The summed E-state index contributed by atoms with van der Waals surface area (Å²) >= 11 is 0. The largest absolute Gasteiger partial charge is 0.460 e. The van der Waals surface area contributed by atoms with Gasteiger partial charge in [-0.3, -0.25) is 4.79 Å². The average Bonchev–Trinajstić information content (AvgIpc) is 2.44. The fourth-order valence-electron chi connectivity index (χ4n) is 2.52. The van der Waals surface area contributed by atoms with E-state index in [0.29, 0.717) is 6.42 Å². The number of rotatable bonds is 10. The van der Waals surface area contributed by atoms with Crippen molar-refractivity contribution < 1.29 is 9.53 Å². The van der Waals surface area contributed by atoms with E-state index in [9.17, 15) is 4.79 Å². The van der Waals surface area contributed by atoms with Crippen LogP contribution in [0.25, 0.3) is 0 Å². The molecule has 2 heteroatoms. The van der Waals surface area contributed by atoms with Crippen LogP contribution in [-0.2, 0) is 16.0 Å². The van der Waals surface area contributed by atoms with Crippen LogP contribution in [0.3, 0.4) is 0 Å². The molecule has 0 N–H and O–H groups in total. The maximum atomic E-state index is 11.5. The Hall–Kier alpha value is -1.31. The first-order valence-electron chi connectivity index (χ1n) is 8.73. The molecule has 124 valence electrons. The summed E-state index contributed by atoms with van der Waals surface area (Å²) in [7, 11) is 0. The fraction of sp³-hybridized carbons (Fsp3) is 0.650. The van der Waals surface area contributed by atoms with Crippen molar-refractivity contribution in [3.63, 3.8) is 0 Å². The molecule has 0 amide bonds. The molecule has 0 bridgehead atoms. The van der Waals surface area contributed by atoms with Crippen molar-refractivity contribution in [2.45, 2.75) is 84.2 Å². The number of benzene rings is 1. The van der Waals surface area contributed by atoms with Gasteiger partial charge in [-0.05, 0) is 45.6 Å². The summed E-state index contributed by atoms with van der Waals surface area (Å²) in [6.45, 7) is 5.75. The molecule has 0 aromatic heterocycles. The normalized spacial score (nSPS) is 11.4. The molecule has 22 heavy (non-hydrogen) atoms. The molecule has 0 unspecified atom stereocenters. The Bertz CT molecular complexity index is 403. The number of hydrogen-bond acceptors (Lipinski definition) is 2. The smallest absolute Gasteiger partial charge is 0.306 e. The summed E-state index contributed by atoms with van der Waals surface area (Å²) in [6, 6.07) is 10.7. The van der Waals surface area contributed by atoms with Gasteiger partial charge in [0.2, 0.25) is 0 Å². The maximum absolute atomic E-state index is 11.5. The van der Waals surface area contributed by atoms with E-state index < -0.39 is 0 Å². The average molecular weight is 304 g/mol. The number of esters is 1. The van der Waals surface area contributed by atoms with Crippen LogP contribution < -0.4 is 0 Å². The predicted molar refractivity (Wildman–Crippen MR) is 92.9 cm³/mol. The SMILES string of the molecule is CC(C)(C)OC(=O)CCCCCCCCCc1ccccc1. The molecule has 0 heterocycles. The van der Waals surface area contributed by atoms with Crippen molar-refractivity contribution in [2.24, 2.45) is 0 Å². The third-order valence-electron chi connectivity index (χ3n) is 3.61. The molecule has 0 aliphatic carbocycles. The molecular formula is C20H32O2. The van der Waals surface area contributed by atoms with Crippen LogP contribution in [0.1, 0.15) is 77.7 Å². The molecule has 2 nitrogen and oxygen atoms in total. The summed E-state index contributed by atoms with van der Waals surface area (Å²) in [4.78, 5) is 11.5.